The van der Waals surface area contributed by atoms with Crippen LogP contribution in [0.25, 0.3) is 0 Å². The molecule has 0 aromatic carbocycles. The molecular formula is C11H16O. The summed E-state index contributed by atoms with van der Waals surface area (Å²) in [6, 6.07) is 0. The van der Waals surface area contributed by atoms with Gasteiger partial charge in [0.05, 0.1) is 6.10 Å². The number of hydrogen-bond donors (Lipinski definition) is 0. The molecule has 3 atom stereocenters. The minimum absolute atomic E-state index is 0.396. The van der Waals surface area contributed by atoms with Crippen LogP contribution in [-0.2, 0) is 4.74 Å². The average Bonchev–Trinajstić information content (AvgIpc) is 2.39. The van der Waals surface area contributed by atoms with Crippen LogP contribution in [0.1, 0.15) is 27.2 Å². The fourth-order valence-corrected chi connectivity index (χ4v) is 2.02. The molecule has 1 heterocycles. The normalized spacial score (nSPS) is 39.8. The van der Waals surface area contributed by atoms with Crippen LogP contribution >= 0.6 is 0 Å². The van der Waals surface area contributed by atoms with E-state index in [0.717, 1.165) is 12.2 Å². The molecule has 0 amide bonds. The molecule has 2 aliphatic rings. The van der Waals surface area contributed by atoms with E-state index >= 15 is 0 Å². The first-order valence-electron chi connectivity index (χ1n) is 4.76. The van der Waals surface area contributed by atoms with E-state index in [0.29, 0.717) is 17.9 Å². The van der Waals surface area contributed by atoms with Gasteiger partial charge in [-0.15, -0.1) is 0 Å². The zero-order chi connectivity index (χ0) is 8.72. The van der Waals surface area contributed by atoms with Crippen molar-refractivity contribution in [3.05, 3.63) is 23.5 Å². The quantitative estimate of drug-likeness (QED) is 0.535. The van der Waals surface area contributed by atoms with Crippen molar-refractivity contribution >= 4 is 0 Å². The molecule has 0 bridgehead atoms. The van der Waals surface area contributed by atoms with E-state index in [4.69, 9.17) is 4.74 Å². The lowest BCUT2D eigenvalue weighted by Gasteiger charge is -2.21. The van der Waals surface area contributed by atoms with E-state index in [1.54, 1.807) is 0 Å². The molecule has 0 N–H and O–H groups in total. The molecule has 0 aromatic heterocycles. The SMILES string of the molecule is CC1CC2=C(C=CC(C)C2C)O1. The van der Waals surface area contributed by atoms with Crippen LogP contribution in [0.4, 0.5) is 0 Å². The van der Waals surface area contributed by atoms with Crippen molar-refractivity contribution in [1.29, 1.82) is 0 Å². The topological polar surface area (TPSA) is 9.23 Å². The standard InChI is InChI=1S/C11H16O/c1-7-4-5-11-10(9(7)3)6-8(2)12-11/h4-5,7-9H,6H2,1-3H3. The van der Waals surface area contributed by atoms with E-state index in [-0.39, 0.29) is 0 Å². The Labute approximate surface area is 74.1 Å². The summed E-state index contributed by atoms with van der Waals surface area (Å²) in [5.74, 6) is 2.50. The lowest BCUT2D eigenvalue weighted by atomic mass is 9.83. The Morgan fingerprint density at radius 3 is 2.83 bits per heavy atom. The summed E-state index contributed by atoms with van der Waals surface area (Å²) in [4.78, 5) is 0. The Morgan fingerprint density at radius 2 is 2.08 bits per heavy atom. The maximum Gasteiger partial charge on any atom is 0.119 e. The lowest BCUT2D eigenvalue weighted by molar-refractivity contribution is 0.169. The minimum Gasteiger partial charge on any atom is -0.490 e. The van der Waals surface area contributed by atoms with E-state index in [9.17, 15) is 0 Å². The van der Waals surface area contributed by atoms with E-state index in [1.807, 2.05) is 0 Å². The fraction of sp³-hybridized carbons (Fsp3) is 0.636. The van der Waals surface area contributed by atoms with Crippen LogP contribution in [0, 0.1) is 11.8 Å². The molecule has 12 heavy (non-hydrogen) atoms. The Morgan fingerprint density at radius 1 is 1.33 bits per heavy atom. The number of ether oxygens (including phenoxy) is 1. The molecule has 1 heteroatoms. The van der Waals surface area contributed by atoms with Gasteiger partial charge >= 0.3 is 0 Å². The second-order valence-corrected chi connectivity index (χ2v) is 4.03. The molecular weight excluding hydrogens is 148 g/mol. The summed E-state index contributed by atoms with van der Waals surface area (Å²) in [5.41, 5.74) is 1.53. The molecule has 3 unspecified atom stereocenters. The fourth-order valence-electron chi connectivity index (χ4n) is 2.02. The van der Waals surface area contributed by atoms with Gasteiger partial charge in [0.25, 0.3) is 0 Å². The molecule has 1 nitrogen and oxygen atoms in total. The van der Waals surface area contributed by atoms with Gasteiger partial charge in [-0.25, -0.2) is 0 Å². The van der Waals surface area contributed by atoms with Crippen LogP contribution < -0.4 is 0 Å². The second kappa shape index (κ2) is 2.65. The Kier molecular flexibility index (Phi) is 1.75. The van der Waals surface area contributed by atoms with Gasteiger partial charge in [-0.1, -0.05) is 19.9 Å². The first-order chi connectivity index (χ1) is 5.68. The van der Waals surface area contributed by atoms with Crippen molar-refractivity contribution in [2.45, 2.75) is 33.3 Å². The first kappa shape index (κ1) is 7.90. The Balaban J connectivity index is 2.26. The molecule has 0 radical (unpaired) electrons. The van der Waals surface area contributed by atoms with Gasteiger partial charge in [0, 0.05) is 6.42 Å². The van der Waals surface area contributed by atoms with Gasteiger partial charge in [-0.3, -0.25) is 0 Å². The van der Waals surface area contributed by atoms with Crippen LogP contribution in [0.3, 0.4) is 0 Å². The summed E-state index contributed by atoms with van der Waals surface area (Å²) >= 11 is 0. The van der Waals surface area contributed by atoms with Gasteiger partial charge in [0.2, 0.25) is 0 Å². The monoisotopic (exact) mass is 164 g/mol. The molecule has 2 rings (SSSR count). The van der Waals surface area contributed by atoms with Crippen molar-refractivity contribution < 1.29 is 4.74 Å². The largest absolute Gasteiger partial charge is 0.490 e. The smallest absolute Gasteiger partial charge is 0.119 e. The third kappa shape index (κ3) is 1.08. The highest BCUT2D eigenvalue weighted by atomic mass is 16.5. The van der Waals surface area contributed by atoms with Crippen molar-refractivity contribution in [1.82, 2.24) is 0 Å². The van der Waals surface area contributed by atoms with Gasteiger partial charge in [-0.2, -0.15) is 0 Å². The van der Waals surface area contributed by atoms with E-state index in [1.165, 1.54) is 5.57 Å². The number of rotatable bonds is 0. The van der Waals surface area contributed by atoms with Crippen molar-refractivity contribution in [3.8, 4) is 0 Å². The molecule has 1 aliphatic heterocycles. The first-order valence-corrected chi connectivity index (χ1v) is 4.76. The zero-order valence-corrected chi connectivity index (χ0v) is 8.00. The van der Waals surface area contributed by atoms with Crippen LogP contribution in [-0.4, -0.2) is 6.10 Å². The molecule has 0 aromatic rings. The Hall–Kier alpha value is -0.720. The summed E-state index contributed by atoms with van der Waals surface area (Å²) in [6.45, 7) is 6.71. The summed E-state index contributed by atoms with van der Waals surface area (Å²) in [7, 11) is 0. The summed E-state index contributed by atoms with van der Waals surface area (Å²) in [5, 5.41) is 0. The van der Waals surface area contributed by atoms with Gasteiger partial charge < -0.3 is 4.74 Å². The lowest BCUT2D eigenvalue weighted by Crippen LogP contribution is -2.11. The highest BCUT2D eigenvalue weighted by molar-refractivity contribution is 5.31. The molecule has 0 spiro atoms. The number of hydrogen-bond acceptors (Lipinski definition) is 1. The van der Waals surface area contributed by atoms with Crippen molar-refractivity contribution in [2.24, 2.45) is 11.8 Å². The van der Waals surface area contributed by atoms with Crippen LogP contribution in [0.15, 0.2) is 23.5 Å². The zero-order valence-electron chi connectivity index (χ0n) is 8.00. The molecule has 0 fully saturated rings. The van der Waals surface area contributed by atoms with Gasteiger partial charge in [-0.05, 0) is 30.4 Å². The minimum atomic E-state index is 0.396. The maximum absolute atomic E-state index is 5.68. The molecule has 0 saturated carbocycles. The second-order valence-electron chi connectivity index (χ2n) is 4.03. The third-order valence-electron chi connectivity index (χ3n) is 3.04. The van der Waals surface area contributed by atoms with E-state index < -0.39 is 0 Å². The van der Waals surface area contributed by atoms with Crippen LogP contribution in [0.5, 0.6) is 0 Å². The van der Waals surface area contributed by atoms with Crippen molar-refractivity contribution in [2.75, 3.05) is 0 Å². The predicted molar refractivity (Wildman–Crippen MR) is 49.7 cm³/mol. The summed E-state index contributed by atoms with van der Waals surface area (Å²) in [6.07, 6.45) is 5.92. The highest BCUT2D eigenvalue weighted by Gasteiger charge is 2.29. The maximum atomic E-state index is 5.68. The molecule has 1 aliphatic carbocycles. The Bertz CT molecular complexity index is 250. The third-order valence-corrected chi connectivity index (χ3v) is 3.04. The number of allylic oxidation sites excluding steroid dienone is 2. The van der Waals surface area contributed by atoms with E-state index in [2.05, 4.69) is 32.9 Å². The van der Waals surface area contributed by atoms with Gasteiger partial charge in [0.1, 0.15) is 5.76 Å². The van der Waals surface area contributed by atoms with Crippen LogP contribution in [0.2, 0.25) is 0 Å². The van der Waals surface area contributed by atoms with Crippen molar-refractivity contribution in [3.63, 3.8) is 0 Å². The molecule has 66 valence electrons. The highest BCUT2D eigenvalue weighted by Crippen LogP contribution is 2.38. The molecule has 0 saturated heterocycles. The average molecular weight is 164 g/mol. The summed E-state index contributed by atoms with van der Waals surface area (Å²) < 4.78 is 5.68. The predicted octanol–water partition coefficient (Wildman–Crippen LogP) is 2.89. The van der Waals surface area contributed by atoms with Gasteiger partial charge in [0.15, 0.2) is 0 Å².